The van der Waals surface area contributed by atoms with Gasteiger partial charge in [0, 0.05) is 17.5 Å². The first-order valence-electron chi connectivity index (χ1n) is 6.48. The highest BCUT2D eigenvalue weighted by Gasteiger charge is 2.16. The van der Waals surface area contributed by atoms with Crippen molar-refractivity contribution in [3.8, 4) is 0 Å². The predicted molar refractivity (Wildman–Crippen MR) is 85.5 cm³/mol. The summed E-state index contributed by atoms with van der Waals surface area (Å²) in [7, 11) is 0. The van der Waals surface area contributed by atoms with Gasteiger partial charge in [0.15, 0.2) is 0 Å². The molecule has 0 N–H and O–H groups in total. The third kappa shape index (κ3) is 2.56. The summed E-state index contributed by atoms with van der Waals surface area (Å²) in [5.74, 6) is 0.612. The number of anilines is 2. The van der Waals surface area contributed by atoms with Crippen molar-refractivity contribution < 1.29 is 4.92 Å². The fourth-order valence-electron chi connectivity index (χ4n) is 2.23. The van der Waals surface area contributed by atoms with Crippen molar-refractivity contribution in [2.45, 2.75) is 0 Å². The molecule has 2 aromatic carbocycles. The summed E-state index contributed by atoms with van der Waals surface area (Å²) in [6.45, 7) is 0. The Morgan fingerprint density at radius 3 is 2.73 bits per heavy atom. The third-order valence-corrected chi connectivity index (χ3v) is 3.49. The first-order chi connectivity index (χ1) is 10.7. The van der Waals surface area contributed by atoms with Crippen LogP contribution in [0, 0.1) is 10.1 Å². The SMILES string of the molecule is O=[N+]([O-])c1cccc(N(CCl)c2ncnc3ccccc23)c1. The van der Waals surface area contributed by atoms with Gasteiger partial charge in [0.05, 0.1) is 22.1 Å². The van der Waals surface area contributed by atoms with E-state index in [0.29, 0.717) is 11.5 Å². The van der Waals surface area contributed by atoms with E-state index in [1.165, 1.54) is 18.5 Å². The zero-order chi connectivity index (χ0) is 15.5. The molecule has 0 aliphatic rings. The van der Waals surface area contributed by atoms with Gasteiger partial charge in [-0.05, 0) is 18.2 Å². The summed E-state index contributed by atoms with van der Waals surface area (Å²) in [5.41, 5.74) is 1.40. The Morgan fingerprint density at radius 2 is 1.95 bits per heavy atom. The van der Waals surface area contributed by atoms with Crippen LogP contribution in [0.2, 0.25) is 0 Å². The van der Waals surface area contributed by atoms with Crippen LogP contribution < -0.4 is 4.90 Å². The highest BCUT2D eigenvalue weighted by atomic mass is 35.5. The Hall–Kier alpha value is -2.73. The summed E-state index contributed by atoms with van der Waals surface area (Å²) in [5, 5.41) is 11.8. The van der Waals surface area contributed by atoms with Gasteiger partial charge in [-0.15, -0.1) is 11.6 Å². The number of hydrogen-bond acceptors (Lipinski definition) is 5. The molecule has 0 aliphatic heterocycles. The van der Waals surface area contributed by atoms with Crippen molar-refractivity contribution in [1.82, 2.24) is 9.97 Å². The van der Waals surface area contributed by atoms with Crippen LogP contribution in [0.1, 0.15) is 0 Å². The number of nitro groups is 1. The van der Waals surface area contributed by atoms with Crippen LogP contribution in [0.4, 0.5) is 17.2 Å². The maximum absolute atomic E-state index is 10.9. The second-order valence-corrected chi connectivity index (χ2v) is 4.78. The predicted octanol–water partition coefficient (Wildman–Crippen LogP) is 3.87. The lowest BCUT2D eigenvalue weighted by atomic mass is 10.2. The molecule has 0 unspecified atom stereocenters. The van der Waals surface area contributed by atoms with Crippen molar-refractivity contribution in [3.05, 3.63) is 65.0 Å². The van der Waals surface area contributed by atoms with Crippen molar-refractivity contribution in [1.29, 1.82) is 0 Å². The third-order valence-electron chi connectivity index (χ3n) is 3.25. The molecule has 6 nitrogen and oxygen atoms in total. The quantitative estimate of drug-likeness (QED) is 0.316. The lowest BCUT2D eigenvalue weighted by Crippen LogP contribution is -2.16. The van der Waals surface area contributed by atoms with E-state index in [1.807, 2.05) is 24.3 Å². The van der Waals surface area contributed by atoms with Crippen molar-refractivity contribution in [3.63, 3.8) is 0 Å². The molecule has 1 heterocycles. The number of hydrogen-bond donors (Lipinski definition) is 0. The number of fused-ring (bicyclic) bond motifs is 1. The van der Waals surface area contributed by atoms with Crippen LogP contribution in [0.3, 0.4) is 0 Å². The largest absolute Gasteiger partial charge is 0.311 e. The summed E-state index contributed by atoms with van der Waals surface area (Å²) in [4.78, 5) is 20.7. The molecular formula is C15H11ClN4O2. The second-order valence-electron chi connectivity index (χ2n) is 4.54. The van der Waals surface area contributed by atoms with Gasteiger partial charge in [0.1, 0.15) is 12.1 Å². The number of para-hydroxylation sites is 1. The van der Waals surface area contributed by atoms with Gasteiger partial charge in [-0.3, -0.25) is 10.1 Å². The molecule has 0 aliphatic carbocycles. The zero-order valence-corrected chi connectivity index (χ0v) is 12.1. The maximum Gasteiger partial charge on any atom is 0.271 e. The van der Waals surface area contributed by atoms with E-state index < -0.39 is 4.92 Å². The van der Waals surface area contributed by atoms with Crippen LogP contribution in [0.5, 0.6) is 0 Å². The molecule has 0 radical (unpaired) electrons. The standard InChI is InChI=1S/C15H11ClN4O2/c16-9-19(11-4-3-5-12(8-11)20(21)22)15-13-6-1-2-7-14(13)17-10-18-15/h1-8,10H,9H2. The minimum Gasteiger partial charge on any atom is -0.311 e. The summed E-state index contributed by atoms with van der Waals surface area (Å²) in [6.07, 6.45) is 1.45. The lowest BCUT2D eigenvalue weighted by molar-refractivity contribution is -0.384. The van der Waals surface area contributed by atoms with Gasteiger partial charge in [-0.2, -0.15) is 0 Å². The average Bonchev–Trinajstić information content (AvgIpc) is 2.56. The molecule has 0 atom stereocenters. The maximum atomic E-state index is 10.9. The van der Waals surface area contributed by atoms with Gasteiger partial charge < -0.3 is 4.90 Å². The van der Waals surface area contributed by atoms with Gasteiger partial charge in [0.25, 0.3) is 5.69 Å². The number of halogens is 1. The fraction of sp³-hybridized carbons (Fsp3) is 0.0667. The van der Waals surface area contributed by atoms with Crippen molar-refractivity contribution in [2.24, 2.45) is 0 Å². The number of nitrogens with zero attached hydrogens (tertiary/aromatic N) is 4. The van der Waals surface area contributed by atoms with E-state index in [2.05, 4.69) is 9.97 Å². The summed E-state index contributed by atoms with van der Waals surface area (Å²) >= 11 is 6.06. The number of rotatable bonds is 4. The monoisotopic (exact) mass is 314 g/mol. The Bertz CT molecular complexity index is 835. The Balaban J connectivity index is 2.14. The molecular weight excluding hydrogens is 304 g/mol. The second kappa shape index (κ2) is 5.95. The van der Waals surface area contributed by atoms with E-state index in [-0.39, 0.29) is 11.7 Å². The van der Waals surface area contributed by atoms with Crippen LogP contribution in [-0.2, 0) is 0 Å². The highest BCUT2D eigenvalue weighted by Crippen LogP contribution is 2.31. The molecule has 3 aromatic rings. The Labute approximate surface area is 131 Å². The first-order valence-corrected chi connectivity index (χ1v) is 7.02. The Kier molecular flexibility index (Phi) is 3.84. The minimum atomic E-state index is -0.437. The van der Waals surface area contributed by atoms with E-state index in [9.17, 15) is 10.1 Å². The molecule has 22 heavy (non-hydrogen) atoms. The molecule has 0 saturated carbocycles. The smallest absolute Gasteiger partial charge is 0.271 e. The van der Waals surface area contributed by atoms with Crippen molar-refractivity contribution >= 4 is 39.7 Å². The van der Waals surface area contributed by atoms with E-state index in [1.54, 1.807) is 17.0 Å². The highest BCUT2D eigenvalue weighted by molar-refractivity contribution is 6.20. The summed E-state index contributed by atoms with van der Waals surface area (Å²) in [6, 6.07) is 13.9. The molecule has 7 heteroatoms. The molecule has 110 valence electrons. The fourth-order valence-corrected chi connectivity index (χ4v) is 2.48. The topological polar surface area (TPSA) is 72.2 Å². The van der Waals surface area contributed by atoms with Crippen molar-refractivity contribution in [2.75, 3.05) is 10.9 Å². The molecule has 3 rings (SSSR count). The molecule has 0 amide bonds. The lowest BCUT2D eigenvalue weighted by Gasteiger charge is -2.21. The average molecular weight is 315 g/mol. The summed E-state index contributed by atoms with van der Waals surface area (Å²) < 4.78 is 0. The first kappa shape index (κ1) is 14.2. The van der Waals surface area contributed by atoms with E-state index in [0.717, 1.165) is 10.9 Å². The van der Waals surface area contributed by atoms with Gasteiger partial charge in [0.2, 0.25) is 0 Å². The van der Waals surface area contributed by atoms with Crippen LogP contribution >= 0.6 is 11.6 Å². The molecule has 0 bridgehead atoms. The number of alkyl halides is 1. The van der Waals surface area contributed by atoms with E-state index in [4.69, 9.17) is 11.6 Å². The molecule has 0 spiro atoms. The number of nitro benzene ring substituents is 1. The van der Waals surface area contributed by atoms with Gasteiger partial charge in [-0.1, -0.05) is 18.2 Å². The number of aromatic nitrogens is 2. The Morgan fingerprint density at radius 1 is 1.14 bits per heavy atom. The van der Waals surface area contributed by atoms with E-state index >= 15 is 0 Å². The van der Waals surface area contributed by atoms with Crippen LogP contribution in [-0.4, -0.2) is 20.9 Å². The zero-order valence-electron chi connectivity index (χ0n) is 11.4. The number of non-ortho nitro benzene ring substituents is 1. The van der Waals surface area contributed by atoms with Crippen LogP contribution in [0.25, 0.3) is 10.9 Å². The van der Waals surface area contributed by atoms with Gasteiger partial charge in [-0.25, -0.2) is 9.97 Å². The number of benzene rings is 2. The van der Waals surface area contributed by atoms with Gasteiger partial charge >= 0.3 is 0 Å². The molecule has 0 fully saturated rings. The molecule has 1 aromatic heterocycles. The van der Waals surface area contributed by atoms with Crippen LogP contribution in [0.15, 0.2) is 54.9 Å². The molecule has 0 saturated heterocycles. The normalized spacial score (nSPS) is 10.6. The minimum absolute atomic E-state index is 0.00554.